The number of rotatable bonds is 4. The van der Waals surface area contributed by atoms with Gasteiger partial charge in [0.2, 0.25) is 5.91 Å². The number of nitrogens with one attached hydrogen (secondary N) is 1. The average molecular weight is 355 g/mol. The lowest BCUT2D eigenvalue weighted by molar-refractivity contribution is -0.133. The summed E-state index contributed by atoms with van der Waals surface area (Å²) in [6.07, 6.45) is 0. The lowest BCUT2D eigenvalue weighted by atomic mass is 10.1. The van der Waals surface area contributed by atoms with Crippen LogP contribution in [0.25, 0.3) is 0 Å². The molecule has 26 heavy (non-hydrogen) atoms. The molecule has 1 aliphatic heterocycles. The summed E-state index contributed by atoms with van der Waals surface area (Å²) in [4.78, 5) is 28.7. The van der Waals surface area contributed by atoms with E-state index in [4.69, 9.17) is 0 Å². The molecule has 1 heterocycles. The fourth-order valence-electron chi connectivity index (χ4n) is 3.08. The van der Waals surface area contributed by atoms with E-state index in [9.17, 15) is 14.0 Å². The SMILES string of the molecule is C[C@@H](NC(=O)c1ccccc1F)C(=O)N1CCN(c2ccccc2)CC1. The third-order valence-electron chi connectivity index (χ3n) is 4.55. The van der Waals surface area contributed by atoms with Gasteiger partial charge in [-0.2, -0.15) is 0 Å². The van der Waals surface area contributed by atoms with E-state index in [0.29, 0.717) is 13.1 Å². The Hall–Kier alpha value is -2.89. The molecule has 2 aromatic carbocycles. The molecule has 0 unspecified atom stereocenters. The minimum atomic E-state index is -0.703. The third kappa shape index (κ3) is 4.02. The number of nitrogens with zero attached hydrogens (tertiary/aromatic N) is 2. The fraction of sp³-hybridized carbons (Fsp3) is 0.300. The van der Waals surface area contributed by atoms with Gasteiger partial charge in [0.25, 0.3) is 5.91 Å². The van der Waals surface area contributed by atoms with Gasteiger partial charge in [-0.3, -0.25) is 9.59 Å². The topological polar surface area (TPSA) is 52.7 Å². The smallest absolute Gasteiger partial charge is 0.254 e. The van der Waals surface area contributed by atoms with Crippen LogP contribution in [0.5, 0.6) is 0 Å². The Morgan fingerprint density at radius 2 is 1.58 bits per heavy atom. The third-order valence-corrected chi connectivity index (χ3v) is 4.55. The molecular formula is C20H22FN3O2. The number of amides is 2. The highest BCUT2D eigenvalue weighted by Gasteiger charge is 2.26. The van der Waals surface area contributed by atoms with Crippen molar-refractivity contribution >= 4 is 17.5 Å². The number of hydrogen-bond acceptors (Lipinski definition) is 3. The Morgan fingerprint density at radius 1 is 0.962 bits per heavy atom. The molecule has 2 aromatic rings. The maximum absolute atomic E-state index is 13.7. The van der Waals surface area contributed by atoms with E-state index in [1.165, 1.54) is 18.2 Å². The van der Waals surface area contributed by atoms with Crippen LogP contribution in [0.15, 0.2) is 54.6 Å². The Balaban J connectivity index is 1.55. The molecule has 136 valence electrons. The van der Waals surface area contributed by atoms with Crippen LogP contribution in [0.2, 0.25) is 0 Å². The zero-order valence-electron chi connectivity index (χ0n) is 14.7. The zero-order chi connectivity index (χ0) is 18.5. The molecule has 1 atom stereocenters. The first-order valence-corrected chi connectivity index (χ1v) is 8.70. The van der Waals surface area contributed by atoms with Gasteiger partial charge in [0.05, 0.1) is 5.56 Å². The van der Waals surface area contributed by atoms with Gasteiger partial charge in [0, 0.05) is 31.9 Å². The highest BCUT2D eigenvalue weighted by Crippen LogP contribution is 2.16. The fourth-order valence-corrected chi connectivity index (χ4v) is 3.08. The second-order valence-corrected chi connectivity index (χ2v) is 6.32. The lowest BCUT2D eigenvalue weighted by Gasteiger charge is -2.37. The van der Waals surface area contributed by atoms with Gasteiger partial charge in [-0.05, 0) is 31.2 Å². The maximum atomic E-state index is 13.7. The molecule has 1 aliphatic rings. The van der Waals surface area contributed by atoms with E-state index in [1.54, 1.807) is 17.9 Å². The van der Waals surface area contributed by atoms with Crippen LogP contribution >= 0.6 is 0 Å². The second-order valence-electron chi connectivity index (χ2n) is 6.32. The first-order chi connectivity index (χ1) is 12.6. The van der Waals surface area contributed by atoms with Crippen molar-refractivity contribution in [2.24, 2.45) is 0 Å². The van der Waals surface area contributed by atoms with Crippen molar-refractivity contribution < 1.29 is 14.0 Å². The summed E-state index contributed by atoms with van der Waals surface area (Å²) in [6.45, 7) is 4.29. The van der Waals surface area contributed by atoms with Gasteiger partial charge < -0.3 is 15.1 Å². The summed E-state index contributed by atoms with van der Waals surface area (Å²) < 4.78 is 13.7. The molecule has 0 bridgehead atoms. The summed E-state index contributed by atoms with van der Waals surface area (Å²) in [5, 5.41) is 2.59. The minimum Gasteiger partial charge on any atom is -0.368 e. The van der Waals surface area contributed by atoms with Gasteiger partial charge in [0.1, 0.15) is 11.9 Å². The summed E-state index contributed by atoms with van der Waals surface area (Å²) in [5.41, 5.74) is 1.08. The standard InChI is InChI=1S/C20H22FN3O2/c1-15(22-19(25)17-9-5-6-10-18(17)21)20(26)24-13-11-23(12-14-24)16-7-3-2-4-8-16/h2-10,15H,11-14H2,1H3,(H,22,25)/t15-/m1/s1. The van der Waals surface area contributed by atoms with E-state index >= 15 is 0 Å². The van der Waals surface area contributed by atoms with Gasteiger partial charge >= 0.3 is 0 Å². The van der Waals surface area contributed by atoms with Gasteiger partial charge in [-0.15, -0.1) is 0 Å². The van der Waals surface area contributed by atoms with Crippen molar-refractivity contribution in [2.75, 3.05) is 31.1 Å². The molecule has 1 fully saturated rings. The van der Waals surface area contributed by atoms with Crippen LogP contribution in [-0.2, 0) is 4.79 Å². The molecule has 0 aliphatic carbocycles. The number of carbonyl (C=O) groups is 2. The van der Waals surface area contributed by atoms with Gasteiger partial charge in [0.15, 0.2) is 0 Å². The monoisotopic (exact) mass is 355 g/mol. The highest BCUT2D eigenvalue weighted by molar-refractivity contribution is 5.97. The number of para-hydroxylation sites is 1. The van der Waals surface area contributed by atoms with E-state index in [-0.39, 0.29) is 11.5 Å². The van der Waals surface area contributed by atoms with Gasteiger partial charge in [-0.25, -0.2) is 4.39 Å². The summed E-state index contributed by atoms with van der Waals surface area (Å²) in [6, 6.07) is 15.1. The number of benzene rings is 2. The van der Waals surface area contributed by atoms with Crippen LogP contribution in [0.3, 0.4) is 0 Å². The van der Waals surface area contributed by atoms with Crippen molar-refractivity contribution in [3.05, 3.63) is 66.0 Å². The Bertz CT molecular complexity index is 774. The Labute approximate surface area is 152 Å². The number of piperazine rings is 1. The van der Waals surface area contributed by atoms with Gasteiger partial charge in [-0.1, -0.05) is 30.3 Å². The van der Waals surface area contributed by atoms with Crippen molar-refractivity contribution in [2.45, 2.75) is 13.0 Å². The Morgan fingerprint density at radius 3 is 2.23 bits per heavy atom. The highest BCUT2D eigenvalue weighted by atomic mass is 19.1. The van der Waals surface area contributed by atoms with Crippen LogP contribution < -0.4 is 10.2 Å². The van der Waals surface area contributed by atoms with Crippen molar-refractivity contribution in [3.63, 3.8) is 0 Å². The first kappa shape index (κ1) is 17.9. The number of anilines is 1. The summed E-state index contributed by atoms with van der Waals surface area (Å²) in [5.74, 6) is -1.32. The number of halogens is 1. The summed E-state index contributed by atoms with van der Waals surface area (Å²) in [7, 11) is 0. The van der Waals surface area contributed by atoms with E-state index in [2.05, 4.69) is 22.3 Å². The van der Waals surface area contributed by atoms with E-state index < -0.39 is 17.8 Å². The second kappa shape index (κ2) is 7.99. The molecule has 2 amide bonds. The minimum absolute atomic E-state index is 0.0546. The molecule has 0 spiro atoms. The molecule has 6 heteroatoms. The Kier molecular flexibility index (Phi) is 5.51. The quantitative estimate of drug-likeness (QED) is 0.916. The van der Waals surface area contributed by atoms with Crippen LogP contribution in [0, 0.1) is 5.82 Å². The predicted octanol–water partition coefficient (Wildman–Crippen LogP) is 2.29. The van der Waals surface area contributed by atoms with E-state index in [1.807, 2.05) is 18.2 Å². The van der Waals surface area contributed by atoms with Crippen molar-refractivity contribution in [1.82, 2.24) is 10.2 Å². The molecule has 5 nitrogen and oxygen atoms in total. The molecule has 3 rings (SSSR count). The largest absolute Gasteiger partial charge is 0.368 e. The van der Waals surface area contributed by atoms with Crippen LogP contribution in [-0.4, -0.2) is 48.9 Å². The molecular weight excluding hydrogens is 333 g/mol. The van der Waals surface area contributed by atoms with Crippen molar-refractivity contribution in [1.29, 1.82) is 0 Å². The predicted molar refractivity (Wildman–Crippen MR) is 98.6 cm³/mol. The molecule has 1 N–H and O–H groups in total. The molecule has 0 aromatic heterocycles. The lowest BCUT2D eigenvalue weighted by Crippen LogP contribution is -2.54. The molecule has 0 saturated carbocycles. The van der Waals surface area contributed by atoms with Crippen LogP contribution in [0.1, 0.15) is 17.3 Å². The average Bonchev–Trinajstić information content (AvgIpc) is 2.68. The number of carbonyl (C=O) groups excluding carboxylic acids is 2. The van der Waals surface area contributed by atoms with E-state index in [0.717, 1.165) is 18.8 Å². The zero-order valence-corrected chi connectivity index (χ0v) is 14.7. The first-order valence-electron chi connectivity index (χ1n) is 8.70. The normalized spacial score (nSPS) is 15.5. The maximum Gasteiger partial charge on any atom is 0.254 e. The molecule has 1 saturated heterocycles. The van der Waals surface area contributed by atoms with Crippen molar-refractivity contribution in [3.8, 4) is 0 Å². The van der Waals surface area contributed by atoms with Crippen LogP contribution in [0.4, 0.5) is 10.1 Å². The molecule has 0 radical (unpaired) electrons. The number of hydrogen-bond donors (Lipinski definition) is 1. The summed E-state index contributed by atoms with van der Waals surface area (Å²) >= 11 is 0.